The average molecular weight is 250 g/mol. The van der Waals surface area contributed by atoms with Crippen molar-refractivity contribution in [2.75, 3.05) is 0 Å². The summed E-state index contributed by atoms with van der Waals surface area (Å²) < 4.78 is 0. The van der Waals surface area contributed by atoms with Crippen LogP contribution in [0.1, 0.15) is 34.6 Å². The van der Waals surface area contributed by atoms with Crippen LogP contribution in [-0.4, -0.2) is 34.8 Å². The van der Waals surface area contributed by atoms with Crippen molar-refractivity contribution in [2.24, 2.45) is 11.8 Å². The summed E-state index contributed by atoms with van der Waals surface area (Å²) in [6, 6.07) is -1.31. The van der Waals surface area contributed by atoms with Gasteiger partial charge in [-0.15, -0.1) is 6.42 Å². The molecule has 0 aromatic carbocycles. The highest BCUT2D eigenvalue weighted by molar-refractivity contribution is 5.97. The first-order valence-electron chi connectivity index (χ1n) is 6.40. The number of amides is 2. The molecule has 0 radical (unpaired) electrons. The summed E-state index contributed by atoms with van der Waals surface area (Å²) >= 11 is 0. The molecule has 3 unspecified atom stereocenters. The number of nitrogens with one attached hydrogen (secondary N) is 1. The fourth-order valence-electron chi connectivity index (χ4n) is 2.38. The van der Waals surface area contributed by atoms with Crippen LogP contribution < -0.4 is 5.32 Å². The molecule has 0 aromatic rings. The number of carbonyl (C=O) groups is 2. The highest BCUT2D eigenvalue weighted by atomic mass is 16.2. The Bertz CT molecular complexity index is 382. The molecule has 1 N–H and O–H groups in total. The van der Waals surface area contributed by atoms with Crippen LogP contribution in [0.2, 0.25) is 0 Å². The van der Waals surface area contributed by atoms with E-state index in [9.17, 15) is 9.59 Å². The zero-order valence-corrected chi connectivity index (χ0v) is 11.7. The molecule has 1 saturated heterocycles. The molecule has 2 amide bonds. The quantitative estimate of drug-likeness (QED) is 0.760. The lowest BCUT2D eigenvalue weighted by atomic mass is 9.92. The maximum atomic E-state index is 12.3. The zero-order chi connectivity index (χ0) is 14.0. The third-order valence-electron chi connectivity index (χ3n) is 3.29. The van der Waals surface area contributed by atoms with Crippen LogP contribution >= 0.6 is 0 Å². The molecule has 100 valence electrons. The number of nitrogens with zero attached hydrogens (tertiary/aromatic N) is 1. The monoisotopic (exact) mass is 250 g/mol. The largest absolute Gasteiger partial charge is 0.343 e. The minimum Gasteiger partial charge on any atom is -0.343 e. The molecule has 4 nitrogen and oxygen atoms in total. The summed E-state index contributed by atoms with van der Waals surface area (Å²) in [5.41, 5.74) is 0. The van der Waals surface area contributed by atoms with Crippen LogP contribution in [0.4, 0.5) is 0 Å². The standard InChI is InChI=1S/C14H22N2O2/c1-7-11(8(2)3)16-12(9(4)5)13(17)15-10(6)14(16)18/h1,8-12H,2-6H3,(H,15,17). The van der Waals surface area contributed by atoms with Crippen molar-refractivity contribution in [3.63, 3.8) is 0 Å². The summed E-state index contributed by atoms with van der Waals surface area (Å²) in [5, 5.41) is 2.71. The third-order valence-corrected chi connectivity index (χ3v) is 3.29. The third kappa shape index (κ3) is 2.50. The lowest BCUT2D eigenvalue weighted by molar-refractivity contribution is -0.153. The number of piperazine rings is 1. The van der Waals surface area contributed by atoms with E-state index >= 15 is 0 Å². The molecular weight excluding hydrogens is 228 g/mol. The smallest absolute Gasteiger partial charge is 0.246 e. The number of terminal acetylenes is 1. The van der Waals surface area contributed by atoms with Crippen molar-refractivity contribution in [1.82, 2.24) is 10.2 Å². The molecule has 1 heterocycles. The zero-order valence-electron chi connectivity index (χ0n) is 11.7. The molecule has 4 heteroatoms. The maximum Gasteiger partial charge on any atom is 0.246 e. The van der Waals surface area contributed by atoms with Crippen molar-refractivity contribution < 1.29 is 9.59 Å². The van der Waals surface area contributed by atoms with Gasteiger partial charge in [-0.25, -0.2) is 0 Å². The summed E-state index contributed by atoms with van der Waals surface area (Å²) in [6.07, 6.45) is 5.54. The number of hydrogen-bond donors (Lipinski definition) is 1. The first kappa shape index (κ1) is 14.6. The van der Waals surface area contributed by atoms with Gasteiger partial charge in [0.05, 0.1) is 6.04 Å². The fourth-order valence-corrected chi connectivity index (χ4v) is 2.38. The second-order valence-electron chi connectivity index (χ2n) is 5.52. The molecule has 18 heavy (non-hydrogen) atoms. The Morgan fingerprint density at radius 2 is 1.83 bits per heavy atom. The summed E-state index contributed by atoms with van der Waals surface area (Å²) in [7, 11) is 0. The highest BCUT2D eigenvalue weighted by Crippen LogP contribution is 2.23. The van der Waals surface area contributed by atoms with Crippen molar-refractivity contribution in [3.8, 4) is 12.3 Å². The minimum atomic E-state index is -0.498. The van der Waals surface area contributed by atoms with Gasteiger partial charge in [0.15, 0.2) is 0 Å². The van der Waals surface area contributed by atoms with E-state index in [1.807, 2.05) is 27.7 Å². The fraction of sp³-hybridized carbons (Fsp3) is 0.714. The van der Waals surface area contributed by atoms with Gasteiger partial charge < -0.3 is 10.2 Å². The molecule has 0 spiro atoms. The Hall–Kier alpha value is -1.50. The van der Waals surface area contributed by atoms with Crippen molar-refractivity contribution in [2.45, 2.75) is 52.7 Å². The molecule has 0 saturated carbocycles. The topological polar surface area (TPSA) is 49.4 Å². The molecule has 0 aliphatic carbocycles. The molecule has 3 atom stereocenters. The van der Waals surface area contributed by atoms with Crippen molar-refractivity contribution >= 4 is 11.8 Å². The van der Waals surface area contributed by atoms with Gasteiger partial charge in [0.2, 0.25) is 11.8 Å². The molecule has 1 aliphatic heterocycles. The van der Waals surface area contributed by atoms with E-state index < -0.39 is 12.1 Å². The molecule has 1 fully saturated rings. The SMILES string of the molecule is C#CC(C(C)C)N1C(=O)C(C)NC(=O)C1C(C)C. The van der Waals surface area contributed by atoms with E-state index in [1.54, 1.807) is 11.8 Å². The van der Waals surface area contributed by atoms with E-state index in [0.717, 1.165) is 0 Å². The highest BCUT2D eigenvalue weighted by Gasteiger charge is 2.43. The first-order valence-corrected chi connectivity index (χ1v) is 6.40. The van der Waals surface area contributed by atoms with Gasteiger partial charge in [0, 0.05) is 0 Å². The number of rotatable bonds is 3. The lowest BCUT2D eigenvalue weighted by Gasteiger charge is -2.43. The van der Waals surface area contributed by atoms with Crippen molar-refractivity contribution in [1.29, 1.82) is 0 Å². The van der Waals surface area contributed by atoms with E-state index in [-0.39, 0.29) is 29.7 Å². The van der Waals surface area contributed by atoms with Gasteiger partial charge in [-0.05, 0) is 18.8 Å². The van der Waals surface area contributed by atoms with Gasteiger partial charge in [-0.2, -0.15) is 0 Å². The van der Waals surface area contributed by atoms with Gasteiger partial charge in [-0.1, -0.05) is 33.6 Å². The molecular formula is C14H22N2O2. The average Bonchev–Trinajstić information content (AvgIpc) is 2.24. The van der Waals surface area contributed by atoms with Gasteiger partial charge in [0.1, 0.15) is 12.1 Å². The van der Waals surface area contributed by atoms with Crippen LogP contribution in [0, 0.1) is 24.2 Å². The molecule has 1 rings (SSSR count). The Morgan fingerprint density at radius 3 is 2.22 bits per heavy atom. The maximum absolute atomic E-state index is 12.3. The minimum absolute atomic E-state index is 0.0380. The van der Waals surface area contributed by atoms with Crippen LogP contribution in [0.3, 0.4) is 0 Å². The summed E-state index contributed by atoms with van der Waals surface area (Å²) in [6.45, 7) is 9.47. The second-order valence-corrected chi connectivity index (χ2v) is 5.52. The summed E-state index contributed by atoms with van der Waals surface area (Å²) in [5.74, 6) is 2.61. The van der Waals surface area contributed by atoms with Crippen LogP contribution in [-0.2, 0) is 9.59 Å². The van der Waals surface area contributed by atoms with Crippen LogP contribution in [0.25, 0.3) is 0 Å². The normalized spacial score (nSPS) is 26.2. The lowest BCUT2D eigenvalue weighted by Crippen LogP contribution is -2.66. The number of hydrogen-bond acceptors (Lipinski definition) is 2. The first-order chi connectivity index (χ1) is 8.31. The Kier molecular flexibility index (Phi) is 4.39. The predicted octanol–water partition coefficient (Wildman–Crippen LogP) is 1.02. The molecule has 0 aromatic heterocycles. The Balaban J connectivity index is 3.17. The van der Waals surface area contributed by atoms with Gasteiger partial charge in [-0.3, -0.25) is 9.59 Å². The molecule has 1 aliphatic rings. The van der Waals surface area contributed by atoms with Crippen molar-refractivity contribution in [3.05, 3.63) is 0 Å². The summed E-state index contributed by atoms with van der Waals surface area (Å²) in [4.78, 5) is 26.0. The number of carbonyl (C=O) groups excluding carboxylic acids is 2. The van der Waals surface area contributed by atoms with E-state index in [2.05, 4.69) is 11.2 Å². The van der Waals surface area contributed by atoms with E-state index in [1.165, 1.54) is 0 Å². The predicted molar refractivity (Wildman–Crippen MR) is 70.5 cm³/mol. The van der Waals surface area contributed by atoms with Gasteiger partial charge in [0.25, 0.3) is 0 Å². The van der Waals surface area contributed by atoms with Crippen LogP contribution in [0.5, 0.6) is 0 Å². The second kappa shape index (κ2) is 5.43. The van der Waals surface area contributed by atoms with Crippen LogP contribution in [0.15, 0.2) is 0 Å². The van der Waals surface area contributed by atoms with E-state index in [4.69, 9.17) is 6.42 Å². The van der Waals surface area contributed by atoms with E-state index in [0.29, 0.717) is 0 Å². The molecule has 0 bridgehead atoms. The Labute approximate surface area is 109 Å². The van der Waals surface area contributed by atoms with Gasteiger partial charge >= 0.3 is 0 Å². The Morgan fingerprint density at radius 1 is 1.28 bits per heavy atom.